The number of hydrogen-bond acceptors (Lipinski definition) is 5. The van der Waals surface area contributed by atoms with Crippen molar-refractivity contribution in [3.8, 4) is 11.1 Å². The summed E-state index contributed by atoms with van der Waals surface area (Å²) < 4.78 is 78.9. The van der Waals surface area contributed by atoms with E-state index in [1.807, 2.05) is 22.7 Å². The predicted molar refractivity (Wildman–Crippen MR) is 133 cm³/mol. The van der Waals surface area contributed by atoms with Gasteiger partial charge < -0.3 is 9.64 Å². The normalized spacial score (nSPS) is 20.1. The highest BCUT2D eigenvalue weighted by Crippen LogP contribution is 2.37. The highest BCUT2D eigenvalue weighted by atomic mass is 19.4. The Morgan fingerprint density at radius 1 is 1.05 bits per heavy atom. The van der Waals surface area contributed by atoms with Crippen LogP contribution in [0.2, 0.25) is 0 Å². The van der Waals surface area contributed by atoms with Crippen molar-refractivity contribution in [3.05, 3.63) is 81.7 Å². The fourth-order valence-corrected chi connectivity index (χ4v) is 5.07. The maximum Gasteiger partial charge on any atom is 0.433 e. The number of aromatic nitrogens is 4. The molecule has 2 atom stereocenters. The molecule has 0 bridgehead atoms. The standard InChI is InChI=1S/C27H24F5N5O2/c1-14-10-35(13-23(39-14)16-9-33-37(11-16)18-4-5-18)19-8-21(20-6-3-17(28)7-22(20)29)25-34-24(27(30,31)32)15(2)26(38)36(25)12-19/h3,6-9,11-12,14,18,23H,4-5,10,13H2,1-2H3. The monoisotopic (exact) mass is 545 g/mol. The molecule has 1 aliphatic heterocycles. The van der Waals surface area contributed by atoms with Crippen molar-refractivity contribution in [2.45, 2.75) is 51.1 Å². The minimum atomic E-state index is -4.90. The molecule has 6 rings (SSSR count). The van der Waals surface area contributed by atoms with E-state index in [1.165, 1.54) is 12.3 Å². The number of morpholine rings is 1. The Morgan fingerprint density at radius 3 is 2.51 bits per heavy atom. The maximum atomic E-state index is 15.0. The molecule has 12 heteroatoms. The van der Waals surface area contributed by atoms with E-state index < -0.39 is 34.6 Å². The second-order valence-corrected chi connectivity index (χ2v) is 10.1. The minimum absolute atomic E-state index is 0.0650. The van der Waals surface area contributed by atoms with Crippen molar-refractivity contribution in [2.24, 2.45) is 0 Å². The van der Waals surface area contributed by atoms with Crippen LogP contribution in [0.25, 0.3) is 16.8 Å². The topological polar surface area (TPSA) is 64.7 Å². The fourth-order valence-electron chi connectivity index (χ4n) is 5.07. The van der Waals surface area contributed by atoms with Crippen LogP contribution < -0.4 is 10.5 Å². The molecule has 0 spiro atoms. The van der Waals surface area contributed by atoms with Gasteiger partial charge in [-0.15, -0.1) is 0 Å². The first-order valence-corrected chi connectivity index (χ1v) is 12.5. The summed E-state index contributed by atoms with van der Waals surface area (Å²) in [5, 5.41) is 4.44. The molecule has 1 saturated heterocycles. The van der Waals surface area contributed by atoms with E-state index in [9.17, 15) is 26.7 Å². The predicted octanol–water partition coefficient (Wildman–Crippen LogP) is 5.46. The third-order valence-electron chi connectivity index (χ3n) is 7.16. The van der Waals surface area contributed by atoms with Crippen molar-refractivity contribution in [1.82, 2.24) is 19.2 Å². The zero-order valence-electron chi connectivity index (χ0n) is 21.0. The van der Waals surface area contributed by atoms with E-state index in [1.54, 1.807) is 6.20 Å². The van der Waals surface area contributed by atoms with Crippen LogP contribution in [0, 0.1) is 18.6 Å². The number of hydrogen-bond donors (Lipinski definition) is 0. The molecule has 3 aromatic heterocycles. The smallest absolute Gasteiger partial charge is 0.367 e. The summed E-state index contributed by atoms with van der Waals surface area (Å²) in [4.78, 5) is 18.9. The molecule has 7 nitrogen and oxygen atoms in total. The zero-order chi connectivity index (χ0) is 27.6. The summed E-state index contributed by atoms with van der Waals surface area (Å²) >= 11 is 0. The van der Waals surface area contributed by atoms with Gasteiger partial charge in [0.15, 0.2) is 5.69 Å². The number of nitrogens with zero attached hydrogens (tertiary/aromatic N) is 5. The van der Waals surface area contributed by atoms with E-state index in [2.05, 4.69) is 10.1 Å². The van der Waals surface area contributed by atoms with Crippen LogP contribution in [-0.4, -0.2) is 38.4 Å². The molecule has 4 aromatic rings. The summed E-state index contributed by atoms with van der Waals surface area (Å²) in [5.74, 6) is -1.83. The average Bonchev–Trinajstić information content (AvgIpc) is 3.61. The molecular weight excluding hydrogens is 521 g/mol. The lowest BCUT2D eigenvalue weighted by Gasteiger charge is -2.38. The largest absolute Gasteiger partial charge is 0.433 e. The zero-order valence-corrected chi connectivity index (χ0v) is 21.0. The summed E-state index contributed by atoms with van der Waals surface area (Å²) in [6.45, 7) is 3.71. The molecular formula is C27H24F5N5O2. The number of halogens is 5. The lowest BCUT2D eigenvalue weighted by Crippen LogP contribution is -2.43. The Hall–Kier alpha value is -3.80. The summed E-state index contributed by atoms with van der Waals surface area (Å²) in [5.41, 5.74) is -2.14. The number of alkyl halides is 3. The third-order valence-corrected chi connectivity index (χ3v) is 7.16. The fraction of sp³-hybridized carbons (Fsp3) is 0.370. The summed E-state index contributed by atoms with van der Waals surface area (Å²) in [6, 6.07) is 4.65. The Balaban J connectivity index is 1.50. The SMILES string of the molecule is Cc1c(C(F)(F)F)nc2c(-c3ccc(F)cc3F)cc(N3CC(C)OC(c4cnn(C5CC5)c4)C3)cn2c1=O. The van der Waals surface area contributed by atoms with E-state index in [-0.39, 0.29) is 29.0 Å². The van der Waals surface area contributed by atoms with Crippen molar-refractivity contribution in [2.75, 3.05) is 18.0 Å². The molecule has 1 saturated carbocycles. The Bertz CT molecular complexity index is 1640. The van der Waals surface area contributed by atoms with Gasteiger partial charge >= 0.3 is 6.18 Å². The van der Waals surface area contributed by atoms with E-state index in [4.69, 9.17) is 4.74 Å². The van der Waals surface area contributed by atoms with Crippen molar-refractivity contribution < 1.29 is 26.7 Å². The molecule has 0 radical (unpaired) electrons. The van der Waals surface area contributed by atoms with E-state index in [0.29, 0.717) is 30.9 Å². The third kappa shape index (κ3) is 4.66. The van der Waals surface area contributed by atoms with Crippen LogP contribution in [-0.2, 0) is 10.9 Å². The van der Waals surface area contributed by atoms with Crippen molar-refractivity contribution in [3.63, 3.8) is 0 Å². The second-order valence-electron chi connectivity index (χ2n) is 10.1. The van der Waals surface area contributed by atoms with E-state index in [0.717, 1.165) is 41.9 Å². The number of fused-ring (bicyclic) bond motifs is 1. The molecule has 2 fully saturated rings. The molecule has 2 unspecified atom stereocenters. The van der Waals surface area contributed by atoms with Crippen LogP contribution in [0.15, 0.2) is 47.7 Å². The van der Waals surface area contributed by atoms with Crippen molar-refractivity contribution in [1.29, 1.82) is 0 Å². The molecule has 4 heterocycles. The van der Waals surface area contributed by atoms with Gasteiger partial charge in [0.05, 0.1) is 24.0 Å². The second kappa shape index (κ2) is 9.15. The Kier molecular flexibility index (Phi) is 5.97. The number of rotatable bonds is 4. The molecule has 1 aromatic carbocycles. The van der Waals surface area contributed by atoms with Crippen LogP contribution in [0.5, 0.6) is 0 Å². The van der Waals surface area contributed by atoms with Gasteiger partial charge in [0.2, 0.25) is 0 Å². The highest BCUT2D eigenvalue weighted by molar-refractivity contribution is 5.81. The summed E-state index contributed by atoms with van der Waals surface area (Å²) in [6.07, 6.45) is 1.79. The van der Waals surface area contributed by atoms with Gasteiger partial charge in [0, 0.05) is 53.8 Å². The first-order chi connectivity index (χ1) is 18.5. The number of ether oxygens (including phenoxy) is 1. The Labute approximate surface area is 219 Å². The van der Waals surface area contributed by atoms with Crippen LogP contribution >= 0.6 is 0 Å². The maximum absolute atomic E-state index is 15.0. The van der Waals surface area contributed by atoms with Gasteiger partial charge in [-0.2, -0.15) is 18.3 Å². The lowest BCUT2D eigenvalue weighted by atomic mass is 10.0. The number of anilines is 1. The van der Waals surface area contributed by atoms with Gasteiger partial charge in [-0.05, 0) is 44.9 Å². The molecule has 0 N–H and O–H groups in total. The molecule has 2 aliphatic rings. The molecule has 1 aliphatic carbocycles. The number of pyridine rings is 1. The van der Waals surface area contributed by atoms with Crippen LogP contribution in [0.3, 0.4) is 0 Å². The first kappa shape index (κ1) is 25.5. The van der Waals surface area contributed by atoms with Gasteiger partial charge in [-0.3, -0.25) is 13.9 Å². The van der Waals surface area contributed by atoms with Crippen molar-refractivity contribution >= 4 is 11.3 Å². The first-order valence-electron chi connectivity index (χ1n) is 12.5. The van der Waals surface area contributed by atoms with Crippen LogP contribution in [0.1, 0.15) is 48.7 Å². The molecule has 0 amide bonds. The molecule has 204 valence electrons. The quantitative estimate of drug-likeness (QED) is 0.319. The molecule has 39 heavy (non-hydrogen) atoms. The lowest BCUT2D eigenvalue weighted by molar-refractivity contribution is -0.141. The van der Waals surface area contributed by atoms with Crippen LogP contribution in [0.4, 0.5) is 27.6 Å². The van der Waals surface area contributed by atoms with Gasteiger partial charge in [0.25, 0.3) is 5.56 Å². The van der Waals surface area contributed by atoms with E-state index >= 15 is 0 Å². The summed E-state index contributed by atoms with van der Waals surface area (Å²) in [7, 11) is 0. The van der Waals surface area contributed by atoms with Gasteiger partial charge in [-0.1, -0.05) is 0 Å². The number of benzene rings is 1. The Morgan fingerprint density at radius 2 is 1.82 bits per heavy atom. The highest BCUT2D eigenvalue weighted by Gasteiger charge is 2.37. The minimum Gasteiger partial charge on any atom is -0.367 e. The average molecular weight is 546 g/mol. The van der Waals surface area contributed by atoms with Gasteiger partial charge in [0.1, 0.15) is 23.4 Å². The van der Waals surface area contributed by atoms with Gasteiger partial charge in [-0.25, -0.2) is 13.8 Å².